The molecule has 0 aromatic heterocycles. The molecule has 0 radical (unpaired) electrons. The van der Waals surface area contributed by atoms with Crippen LogP contribution in [-0.2, 0) is 5.54 Å². The Morgan fingerprint density at radius 1 is 1.07 bits per heavy atom. The summed E-state index contributed by atoms with van der Waals surface area (Å²) in [6.07, 6.45) is 8.49. The van der Waals surface area contributed by atoms with Crippen molar-refractivity contribution in [2.45, 2.75) is 12.5 Å². The van der Waals surface area contributed by atoms with E-state index in [9.17, 15) is 0 Å². The van der Waals surface area contributed by atoms with Crippen molar-refractivity contribution in [1.29, 1.82) is 0 Å². The Labute approximate surface area is 85.4 Å². The van der Waals surface area contributed by atoms with Gasteiger partial charge in [0.1, 0.15) is 0 Å². The number of rotatable bonds is 1. The maximum Gasteiger partial charge on any atom is 0.0803 e. The Kier molecular flexibility index (Phi) is 2.16. The molecule has 0 amide bonds. The van der Waals surface area contributed by atoms with E-state index in [1.165, 1.54) is 5.56 Å². The van der Waals surface area contributed by atoms with Gasteiger partial charge in [-0.25, -0.2) is 0 Å². The summed E-state index contributed by atoms with van der Waals surface area (Å²) in [5, 5.41) is 0. The highest BCUT2D eigenvalue weighted by molar-refractivity contribution is 5.33. The number of hydrogen-bond acceptors (Lipinski definition) is 1. The fourth-order valence-electron chi connectivity index (χ4n) is 1.77. The molecule has 0 bridgehead atoms. The molecule has 14 heavy (non-hydrogen) atoms. The minimum Gasteiger partial charge on any atom is -0.368 e. The van der Waals surface area contributed by atoms with Crippen LogP contribution < -0.4 is 0 Å². The standard InChI is InChI=1S/C13H15N/c1-13(10-6-7-11-14(13)2)12-8-4-3-5-9-12/h3-11H,1-2H3. The maximum absolute atomic E-state index is 2.22. The number of benzene rings is 1. The van der Waals surface area contributed by atoms with Crippen molar-refractivity contribution in [3.63, 3.8) is 0 Å². The van der Waals surface area contributed by atoms with Gasteiger partial charge >= 0.3 is 0 Å². The van der Waals surface area contributed by atoms with E-state index in [1.807, 2.05) is 0 Å². The van der Waals surface area contributed by atoms with Crippen molar-refractivity contribution in [2.24, 2.45) is 0 Å². The van der Waals surface area contributed by atoms with Gasteiger partial charge in [0.05, 0.1) is 5.54 Å². The number of nitrogens with zero attached hydrogens (tertiary/aromatic N) is 1. The number of hydrogen-bond donors (Lipinski definition) is 0. The normalized spacial score (nSPS) is 25.4. The Balaban J connectivity index is 2.42. The molecular formula is C13H15N. The fraction of sp³-hybridized carbons (Fsp3) is 0.231. The van der Waals surface area contributed by atoms with Gasteiger partial charge in [-0.3, -0.25) is 0 Å². The first kappa shape index (κ1) is 9.07. The maximum atomic E-state index is 2.22. The lowest BCUT2D eigenvalue weighted by Gasteiger charge is -2.38. The summed E-state index contributed by atoms with van der Waals surface area (Å²) in [7, 11) is 2.10. The molecule has 0 N–H and O–H groups in total. The zero-order chi connectivity index (χ0) is 10.0. The molecule has 72 valence electrons. The highest BCUT2D eigenvalue weighted by Crippen LogP contribution is 2.30. The summed E-state index contributed by atoms with van der Waals surface area (Å²) in [6, 6.07) is 10.6. The average molecular weight is 185 g/mol. The first-order valence-electron chi connectivity index (χ1n) is 4.88. The van der Waals surface area contributed by atoms with Crippen LogP contribution >= 0.6 is 0 Å². The third kappa shape index (κ3) is 1.35. The lowest BCUT2D eigenvalue weighted by molar-refractivity contribution is 0.262. The second kappa shape index (κ2) is 3.33. The smallest absolute Gasteiger partial charge is 0.0803 e. The van der Waals surface area contributed by atoms with Gasteiger partial charge in [0, 0.05) is 7.05 Å². The summed E-state index contributed by atoms with van der Waals surface area (Å²) in [5.74, 6) is 0. The van der Waals surface area contributed by atoms with Crippen LogP contribution in [0, 0.1) is 0 Å². The first-order chi connectivity index (χ1) is 6.73. The van der Waals surface area contributed by atoms with E-state index in [4.69, 9.17) is 0 Å². The zero-order valence-corrected chi connectivity index (χ0v) is 8.64. The van der Waals surface area contributed by atoms with Crippen LogP contribution in [0.1, 0.15) is 12.5 Å². The molecule has 1 aromatic carbocycles. The molecule has 1 aromatic rings. The van der Waals surface area contributed by atoms with Crippen molar-refractivity contribution in [3.05, 3.63) is 60.3 Å². The van der Waals surface area contributed by atoms with Crippen LogP contribution in [-0.4, -0.2) is 11.9 Å². The predicted octanol–water partition coefficient (Wildman–Crippen LogP) is 2.92. The van der Waals surface area contributed by atoms with E-state index in [0.29, 0.717) is 0 Å². The second-order valence-electron chi connectivity index (χ2n) is 3.83. The molecule has 2 rings (SSSR count). The van der Waals surface area contributed by atoms with Crippen molar-refractivity contribution in [1.82, 2.24) is 4.90 Å². The van der Waals surface area contributed by atoms with E-state index in [1.54, 1.807) is 0 Å². The second-order valence-corrected chi connectivity index (χ2v) is 3.83. The Morgan fingerprint density at radius 2 is 1.79 bits per heavy atom. The Hall–Kier alpha value is -1.50. The van der Waals surface area contributed by atoms with Gasteiger partial charge in [0.2, 0.25) is 0 Å². The largest absolute Gasteiger partial charge is 0.368 e. The average Bonchev–Trinajstić information content (AvgIpc) is 2.24. The van der Waals surface area contributed by atoms with E-state index in [2.05, 4.69) is 73.6 Å². The fourth-order valence-corrected chi connectivity index (χ4v) is 1.77. The molecule has 1 unspecified atom stereocenters. The lowest BCUT2D eigenvalue weighted by atomic mass is 9.89. The minimum atomic E-state index is -0.00396. The van der Waals surface area contributed by atoms with Gasteiger partial charge in [-0.2, -0.15) is 0 Å². The predicted molar refractivity (Wildman–Crippen MR) is 59.8 cm³/mol. The summed E-state index contributed by atoms with van der Waals surface area (Å²) in [4.78, 5) is 2.22. The van der Waals surface area contributed by atoms with Gasteiger partial charge < -0.3 is 4.90 Å². The molecule has 0 spiro atoms. The Bertz CT molecular complexity index is 364. The van der Waals surface area contributed by atoms with E-state index >= 15 is 0 Å². The molecule has 1 aliphatic rings. The summed E-state index contributed by atoms with van der Waals surface area (Å²) in [6.45, 7) is 2.22. The zero-order valence-electron chi connectivity index (χ0n) is 8.64. The van der Waals surface area contributed by atoms with Gasteiger partial charge in [-0.15, -0.1) is 0 Å². The molecule has 0 fully saturated rings. The Morgan fingerprint density at radius 3 is 2.43 bits per heavy atom. The van der Waals surface area contributed by atoms with Crippen molar-refractivity contribution < 1.29 is 0 Å². The monoisotopic (exact) mass is 185 g/mol. The van der Waals surface area contributed by atoms with Crippen LogP contribution in [0.3, 0.4) is 0 Å². The van der Waals surface area contributed by atoms with Crippen LogP contribution in [0.15, 0.2) is 54.8 Å². The van der Waals surface area contributed by atoms with Crippen LogP contribution in [0.25, 0.3) is 0 Å². The molecule has 1 nitrogen and oxygen atoms in total. The van der Waals surface area contributed by atoms with Crippen LogP contribution in [0.5, 0.6) is 0 Å². The third-order valence-corrected chi connectivity index (χ3v) is 2.93. The third-order valence-electron chi connectivity index (χ3n) is 2.93. The van der Waals surface area contributed by atoms with Gasteiger partial charge in [-0.1, -0.05) is 42.5 Å². The van der Waals surface area contributed by atoms with Crippen LogP contribution in [0.2, 0.25) is 0 Å². The van der Waals surface area contributed by atoms with Crippen molar-refractivity contribution in [3.8, 4) is 0 Å². The quantitative estimate of drug-likeness (QED) is 0.650. The summed E-state index contributed by atoms with van der Waals surface area (Å²) < 4.78 is 0. The molecule has 1 heterocycles. The summed E-state index contributed by atoms with van der Waals surface area (Å²) >= 11 is 0. The molecular weight excluding hydrogens is 170 g/mol. The molecule has 1 heteroatoms. The highest BCUT2D eigenvalue weighted by Gasteiger charge is 2.27. The molecule has 1 aliphatic heterocycles. The van der Waals surface area contributed by atoms with E-state index in [0.717, 1.165) is 0 Å². The molecule has 0 saturated heterocycles. The molecule has 0 aliphatic carbocycles. The number of likely N-dealkylation sites (N-methyl/N-ethyl adjacent to an activating group) is 1. The first-order valence-corrected chi connectivity index (χ1v) is 4.88. The van der Waals surface area contributed by atoms with Gasteiger partial charge in [0.25, 0.3) is 0 Å². The van der Waals surface area contributed by atoms with Crippen LogP contribution in [0.4, 0.5) is 0 Å². The topological polar surface area (TPSA) is 3.24 Å². The molecule has 1 atom stereocenters. The van der Waals surface area contributed by atoms with Crippen molar-refractivity contribution >= 4 is 0 Å². The SMILES string of the molecule is CN1C=CC=CC1(C)c1ccccc1. The van der Waals surface area contributed by atoms with Gasteiger partial charge in [0.15, 0.2) is 0 Å². The minimum absolute atomic E-state index is 0.00396. The lowest BCUT2D eigenvalue weighted by Crippen LogP contribution is -2.36. The van der Waals surface area contributed by atoms with Gasteiger partial charge in [-0.05, 0) is 24.8 Å². The van der Waals surface area contributed by atoms with E-state index in [-0.39, 0.29) is 5.54 Å². The number of allylic oxidation sites excluding steroid dienone is 2. The highest BCUT2D eigenvalue weighted by atomic mass is 15.1. The van der Waals surface area contributed by atoms with E-state index < -0.39 is 0 Å². The summed E-state index contributed by atoms with van der Waals surface area (Å²) in [5.41, 5.74) is 1.32. The van der Waals surface area contributed by atoms with Crippen molar-refractivity contribution in [2.75, 3.05) is 7.05 Å². The molecule has 0 saturated carbocycles.